The van der Waals surface area contributed by atoms with Gasteiger partial charge in [-0.3, -0.25) is 5.32 Å². The van der Waals surface area contributed by atoms with Crippen molar-refractivity contribution in [2.24, 2.45) is 0 Å². The maximum atomic E-state index is 9.27. The van der Waals surface area contributed by atoms with Gasteiger partial charge in [0.25, 0.3) is 0 Å². The molecule has 0 aliphatic heterocycles. The van der Waals surface area contributed by atoms with E-state index in [1.165, 1.54) is 30.4 Å². The monoisotopic (exact) mass is 272 g/mol. The first-order valence-electron chi connectivity index (χ1n) is 7.58. The Morgan fingerprint density at radius 1 is 1.35 bits per heavy atom. The van der Waals surface area contributed by atoms with E-state index in [0.29, 0.717) is 13.0 Å². The summed E-state index contributed by atoms with van der Waals surface area (Å²) in [5.41, 5.74) is 2.39. The third-order valence-electron chi connectivity index (χ3n) is 3.95. The summed E-state index contributed by atoms with van der Waals surface area (Å²) in [6.07, 6.45) is 5.35. The fourth-order valence-corrected chi connectivity index (χ4v) is 2.60. The van der Waals surface area contributed by atoms with Crippen LogP contribution in [0.5, 0.6) is 5.75 Å². The summed E-state index contributed by atoms with van der Waals surface area (Å²) in [7, 11) is 0. The number of hydrogen-bond acceptors (Lipinski definition) is 3. The van der Waals surface area contributed by atoms with Crippen molar-refractivity contribution in [2.75, 3.05) is 13.2 Å². The SMILES string of the molecule is CCCNC(C)(C#N)CCOc1ccc2c(c1)CCC2. The second-order valence-corrected chi connectivity index (χ2v) is 5.75. The summed E-state index contributed by atoms with van der Waals surface area (Å²) in [5.74, 6) is 0.932. The van der Waals surface area contributed by atoms with Crippen LogP contribution in [0.2, 0.25) is 0 Å². The largest absolute Gasteiger partial charge is 0.493 e. The lowest BCUT2D eigenvalue weighted by molar-refractivity contribution is 0.267. The van der Waals surface area contributed by atoms with Crippen molar-refractivity contribution in [3.63, 3.8) is 0 Å². The van der Waals surface area contributed by atoms with Crippen LogP contribution in [-0.4, -0.2) is 18.7 Å². The molecule has 0 spiro atoms. The predicted octanol–water partition coefficient (Wildman–Crippen LogP) is 3.23. The molecular formula is C17H24N2O. The van der Waals surface area contributed by atoms with Gasteiger partial charge in [-0.15, -0.1) is 0 Å². The molecule has 1 aliphatic carbocycles. The lowest BCUT2D eigenvalue weighted by Crippen LogP contribution is -2.42. The van der Waals surface area contributed by atoms with Crippen LogP contribution in [0, 0.1) is 11.3 Å². The Balaban J connectivity index is 1.84. The van der Waals surface area contributed by atoms with Gasteiger partial charge < -0.3 is 4.74 Å². The molecule has 3 heteroatoms. The third-order valence-corrected chi connectivity index (χ3v) is 3.95. The van der Waals surface area contributed by atoms with E-state index in [1.807, 2.05) is 13.0 Å². The molecule has 0 fully saturated rings. The van der Waals surface area contributed by atoms with Gasteiger partial charge in [0.15, 0.2) is 0 Å². The molecule has 0 saturated carbocycles. The summed E-state index contributed by atoms with van der Waals surface area (Å²) < 4.78 is 5.82. The standard InChI is InChI=1S/C17H24N2O/c1-3-10-19-17(2,13-18)9-11-20-16-8-7-14-5-4-6-15(14)12-16/h7-8,12,19H,3-6,9-11H2,1-2H3. The molecule has 20 heavy (non-hydrogen) atoms. The van der Waals surface area contributed by atoms with Gasteiger partial charge in [0.2, 0.25) is 0 Å². The number of hydrogen-bond donors (Lipinski definition) is 1. The second-order valence-electron chi connectivity index (χ2n) is 5.75. The first-order valence-corrected chi connectivity index (χ1v) is 7.58. The minimum absolute atomic E-state index is 0.493. The van der Waals surface area contributed by atoms with Crippen molar-refractivity contribution in [3.8, 4) is 11.8 Å². The molecule has 1 aromatic rings. The van der Waals surface area contributed by atoms with Crippen LogP contribution in [-0.2, 0) is 12.8 Å². The summed E-state index contributed by atoms with van der Waals surface area (Å²) >= 11 is 0. The number of ether oxygens (including phenoxy) is 1. The number of nitrogens with zero attached hydrogens (tertiary/aromatic N) is 1. The maximum absolute atomic E-state index is 9.27. The van der Waals surface area contributed by atoms with Crippen LogP contribution in [0.15, 0.2) is 18.2 Å². The van der Waals surface area contributed by atoms with E-state index in [2.05, 4.69) is 30.4 Å². The van der Waals surface area contributed by atoms with Gasteiger partial charge in [0, 0.05) is 6.42 Å². The molecule has 0 radical (unpaired) electrons. The molecule has 0 bridgehead atoms. The summed E-state index contributed by atoms with van der Waals surface area (Å²) in [6, 6.07) is 8.73. The van der Waals surface area contributed by atoms with E-state index in [4.69, 9.17) is 4.74 Å². The van der Waals surface area contributed by atoms with Crippen LogP contribution >= 0.6 is 0 Å². The van der Waals surface area contributed by atoms with Crippen LogP contribution in [0.25, 0.3) is 0 Å². The smallest absolute Gasteiger partial charge is 0.119 e. The topological polar surface area (TPSA) is 45.0 Å². The van der Waals surface area contributed by atoms with Crippen LogP contribution < -0.4 is 10.1 Å². The molecule has 1 N–H and O–H groups in total. The Bertz CT molecular complexity index is 492. The molecule has 1 unspecified atom stereocenters. The number of rotatable bonds is 7. The molecule has 0 aromatic heterocycles. The number of nitrogens with one attached hydrogen (secondary N) is 1. The molecule has 0 heterocycles. The normalized spacial score (nSPS) is 16.2. The van der Waals surface area contributed by atoms with Gasteiger partial charge in [0.1, 0.15) is 11.3 Å². The first kappa shape index (κ1) is 14.9. The minimum Gasteiger partial charge on any atom is -0.493 e. The molecule has 1 atom stereocenters. The fourth-order valence-electron chi connectivity index (χ4n) is 2.60. The Morgan fingerprint density at radius 2 is 2.15 bits per heavy atom. The molecule has 0 saturated heterocycles. The minimum atomic E-state index is -0.493. The van der Waals surface area contributed by atoms with E-state index in [0.717, 1.165) is 18.7 Å². The Kier molecular flexibility index (Phi) is 5.03. The van der Waals surface area contributed by atoms with E-state index in [-0.39, 0.29) is 0 Å². The van der Waals surface area contributed by atoms with Crippen LogP contribution in [0.3, 0.4) is 0 Å². The molecule has 3 nitrogen and oxygen atoms in total. The van der Waals surface area contributed by atoms with Gasteiger partial charge in [-0.05, 0) is 62.4 Å². The highest BCUT2D eigenvalue weighted by Gasteiger charge is 2.22. The van der Waals surface area contributed by atoms with E-state index in [9.17, 15) is 5.26 Å². The summed E-state index contributed by atoms with van der Waals surface area (Å²) in [5, 5.41) is 12.6. The fraction of sp³-hybridized carbons (Fsp3) is 0.588. The first-order chi connectivity index (χ1) is 9.67. The van der Waals surface area contributed by atoms with Gasteiger partial charge in [-0.2, -0.15) is 5.26 Å². The highest BCUT2D eigenvalue weighted by Crippen LogP contribution is 2.26. The van der Waals surface area contributed by atoms with Crippen molar-refractivity contribution in [2.45, 2.75) is 51.5 Å². The van der Waals surface area contributed by atoms with Crippen molar-refractivity contribution < 1.29 is 4.74 Å². The van der Waals surface area contributed by atoms with Crippen LogP contribution in [0.4, 0.5) is 0 Å². The molecule has 1 aliphatic rings. The number of aryl methyl sites for hydroxylation is 2. The van der Waals surface area contributed by atoms with Gasteiger partial charge in [0.05, 0.1) is 12.7 Å². The highest BCUT2D eigenvalue weighted by atomic mass is 16.5. The average molecular weight is 272 g/mol. The lowest BCUT2D eigenvalue weighted by Gasteiger charge is -2.23. The quantitative estimate of drug-likeness (QED) is 0.829. The summed E-state index contributed by atoms with van der Waals surface area (Å²) in [6.45, 7) is 5.48. The zero-order chi connectivity index (χ0) is 14.4. The highest BCUT2D eigenvalue weighted by molar-refractivity contribution is 5.38. The molecule has 0 amide bonds. The zero-order valence-electron chi connectivity index (χ0n) is 12.5. The van der Waals surface area contributed by atoms with Gasteiger partial charge in [-0.1, -0.05) is 13.0 Å². The van der Waals surface area contributed by atoms with Crippen molar-refractivity contribution in [1.82, 2.24) is 5.32 Å². The molecule has 2 rings (SSSR count). The summed E-state index contributed by atoms with van der Waals surface area (Å²) in [4.78, 5) is 0. The molecule has 1 aromatic carbocycles. The average Bonchev–Trinajstić information content (AvgIpc) is 2.93. The van der Waals surface area contributed by atoms with Gasteiger partial charge in [-0.25, -0.2) is 0 Å². The van der Waals surface area contributed by atoms with E-state index >= 15 is 0 Å². The predicted molar refractivity (Wildman–Crippen MR) is 80.9 cm³/mol. The number of benzene rings is 1. The number of nitriles is 1. The Labute approximate surface area is 121 Å². The molecular weight excluding hydrogens is 248 g/mol. The maximum Gasteiger partial charge on any atom is 0.119 e. The van der Waals surface area contributed by atoms with Crippen molar-refractivity contribution in [1.29, 1.82) is 5.26 Å². The second kappa shape index (κ2) is 6.76. The lowest BCUT2D eigenvalue weighted by atomic mass is 10.0. The van der Waals surface area contributed by atoms with E-state index < -0.39 is 5.54 Å². The Hall–Kier alpha value is -1.53. The third kappa shape index (κ3) is 3.74. The van der Waals surface area contributed by atoms with Crippen molar-refractivity contribution >= 4 is 0 Å². The van der Waals surface area contributed by atoms with E-state index in [1.54, 1.807) is 0 Å². The zero-order valence-corrected chi connectivity index (χ0v) is 12.5. The van der Waals surface area contributed by atoms with Gasteiger partial charge >= 0.3 is 0 Å². The molecule has 108 valence electrons. The van der Waals surface area contributed by atoms with Crippen LogP contribution in [0.1, 0.15) is 44.2 Å². The Morgan fingerprint density at radius 3 is 2.90 bits per heavy atom. The number of fused-ring (bicyclic) bond motifs is 1. The van der Waals surface area contributed by atoms with Crippen molar-refractivity contribution in [3.05, 3.63) is 29.3 Å².